The summed E-state index contributed by atoms with van der Waals surface area (Å²) in [5, 5.41) is 3.41. The maximum absolute atomic E-state index is 6.13. The maximum Gasteiger partial charge on any atom is 0.142 e. The van der Waals surface area contributed by atoms with E-state index in [1.165, 1.54) is 23.4 Å². The van der Waals surface area contributed by atoms with Gasteiger partial charge in [0, 0.05) is 49.7 Å². The van der Waals surface area contributed by atoms with E-state index in [0.29, 0.717) is 11.8 Å². The van der Waals surface area contributed by atoms with Crippen LogP contribution in [0.2, 0.25) is 0 Å². The third-order valence-corrected chi connectivity index (χ3v) is 5.23. The van der Waals surface area contributed by atoms with E-state index in [-0.39, 0.29) is 0 Å². The fraction of sp³-hybridized carbons (Fsp3) is 0.526. The van der Waals surface area contributed by atoms with Crippen molar-refractivity contribution in [3.63, 3.8) is 0 Å². The lowest BCUT2D eigenvalue weighted by atomic mass is 9.91. The number of hydrogen-bond donors (Lipinski definition) is 2. The number of anilines is 2. The molecule has 2 aromatic rings. The van der Waals surface area contributed by atoms with Crippen LogP contribution in [-0.2, 0) is 13.1 Å². The topological polar surface area (TPSA) is 59.1 Å². The van der Waals surface area contributed by atoms with Crippen molar-refractivity contribution in [1.82, 2.24) is 14.9 Å². The van der Waals surface area contributed by atoms with Gasteiger partial charge in [0.05, 0.1) is 11.9 Å². The Balaban J connectivity index is 1.78. The summed E-state index contributed by atoms with van der Waals surface area (Å²) in [6.45, 7) is 9.75. The van der Waals surface area contributed by atoms with Crippen LogP contribution < -0.4 is 16.0 Å². The first-order valence-electron chi connectivity index (χ1n) is 9.02. The Bertz CT molecular complexity index is 725. The normalized spacial score (nSPS) is 24.0. The highest BCUT2D eigenvalue weighted by molar-refractivity contribution is 5.78. The molecule has 2 aliphatic rings. The molecule has 0 saturated carbocycles. The molecule has 128 valence electrons. The van der Waals surface area contributed by atoms with Crippen molar-refractivity contribution in [3.05, 3.63) is 30.1 Å². The van der Waals surface area contributed by atoms with E-state index in [9.17, 15) is 0 Å². The molecule has 0 aliphatic carbocycles. The van der Waals surface area contributed by atoms with E-state index < -0.39 is 0 Å². The molecule has 3 heterocycles. The number of hydrogen-bond acceptors (Lipinski definition) is 4. The molecular formula is C19H27N5. The van der Waals surface area contributed by atoms with Crippen LogP contribution in [0.25, 0.3) is 11.4 Å². The average molecular weight is 325 g/mol. The van der Waals surface area contributed by atoms with Crippen molar-refractivity contribution in [2.45, 2.75) is 33.4 Å². The monoisotopic (exact) mass is 325 g/mol. The molecule has 24 heavy (non-hydrogen) atoms. The van der Waals surface area contributed by atoms with Crippen LogP contribution in [0, 0.1) is 11.8 Å². The summed E-state index contributed by atoms with van der Waals surface area (Å²) in [4.78, 5) is 7.25. The third-order valence-electron chi connectivity index (χ3n) is 5.23. The van der Waals surface area contributed by atoms with Crippen LogP contribution in [0.15, 0.2) is 24.4 Å². The van der Waals surface area contributed by atoms with Gasteiger partial charge < -0.3 is 20.5 Å². The molecule has 1 fully saturated rings. The van der Waals surface area contributed by atoms with Crippen molar-refractivity contribution in [2.75, 3.05) is 30.3 Å². The van der Waals surface area contributed by atoms with Crippen LogP contribution in [0.4, 0.5) is 11.4 Å². The maximum atomic E-state index is 6.13. The van der Waals surface area contributed by atoms with Crippen LogP contribution in [0.5, 0.6) is 0 Å². The van der Waals surface area contributed by atoms with E-state index in [4.69, 9.17) is 10.7 Å². The first-order chi connectivity index (χ1) is 11.6. The van der Waals surface area contributed by atoms with Gasteiger partial charge in [-0.15, -0.1) is 0 Å². The fourth-order valence-electron chi connectivity index (χ4n) is 4.28. The average Bonchev–Trinajstić information content (AvgIpc) is 2.98. The number of benzene rings is 1. The zero-order chi connectivity index (χ0) is 16.7. The van der Waals surface area contributed by atoms with E-state index in [1.807, 2.05) is 12.3 Å². The van der Waals surface area contributed by atoms with E-state index in [1.54, 1.807) is 0 Å². The highest BCUT2D eigenvalue weighted by atomic mass is 15.2. The number of nitrogens with zero attached hydrogens (tertiary/aromatic N) is 3. The fourth-order valence-corrected chi connectivity index (χ4v) is 4.28. The molecule has 0 radical (unpaired) electrons. The number of nitrogens with one attached hydrogen (secondary N) is 1. The van der Waals surface area contributed by atoms with Gasteiger partial charge >= 0.3 is 0 Å². The number of aromatic nitrogens is 2. The summed E-state index contributed by atoms with van der Waals surface area (Å²) in [7, 11) is 0. The van der Waals surface area contributed by atoms with Gasteiger partial charge in [0.15, 0.2) is 0 Å². The van der Waals surface area contributed by atoms with Crippen molar-refractivity contribution < 1.29 is 0 Å². The molecule has 2 aliphatic heterocycles. The smallest absolute Gasteiger partial charge is 0.142 e. The minimum absolute atomic E-state index is 0.710. The first kappa shape index (κ1) is 15.5. The largest absolute Gasteiger partial charge is 0.399 e. The predicted octanol–water partition coefficient (Wildman–Crippen LogP) is 2.72. The van der Waals surface area contributed by atoms with Gasteiger partial charge in [0.25, 0.3) is 0 Å². The van der Waals surface area contributed by atoms with Gasteiger partial charge in [-0.25, -0.2) is 4.98 Å². The Kier molecular flexibility index (Phi) is 3.96. The quantitative estimate of drug-likeness (QED) is 0.834. The zero-order valence-corrected chi connectivity index (χ0v) is 14.6. The summed E-state index contributed by atoms with van der Waals surface area (Å²) < 4.78 is 2.35. The molecule has 3 N–H and O–H groups in total. The lowest BCUT2D eigenvalue weighted by Gasteiger charge is -2.37. The molecule has 5 heteroatoms. The second kappa shape index (κ2) is 6.13. The number of nitrogens with two attached hydrogens (primary N) is 1. The Morgan fingerprint density at radius 1 is 1.21 bits per heavy atom. The highest BCUT2D eigenvalue weighted by Gasteiger charge is 2.26. The minimum Gasteiger partial charge on any atom is -0.399 e. The summed E-state index contributed by atoms with van der Waals surface area (Å²) in [6.07, 6.45) is 3.31. The lowest BCUT2D eigenvalue weighted by molar-refractivity contribution is 0.357. The van der Waals surface area contributed by atoms with Crippen molar-refractivity contribution in [3.8, 4) is 11.4 Å². The van der Waals surface area contributed by atoms with Crippen LogP contribution in [0.1, 0.15) is 26.0 Å². The van der Waals surface area contributed by atoms with Gasteiger partial charge in [-0.2, -0.15) is 0 Å². The molecule has 1 aromatic heterocycles. The van der Waals surface area contributed by atoms with Crippen molar-refractivity contribution >= 4 is 11.4 Å². The second-order valence-corrected chi connectivity index (χ2v) is 7.53. The molecular weight excluding hydrogens is 298 g/mol. The van der Waals surface area contributed by atoms with Gasteiger partial charge in [0.2, 0.25) is 0 Å². The van der Waals surface area contributed by atoms with Crippen molar-refractivity contribution in [1.29, 1.82) is 0 Å². The summed E-state index contributed by atoms with van der Waals surface area (Å²) in [6, 6.07) is 6.27. The lowest BCUT2D eigenvalue weighted by Crippen LogP contribution is -2.39. The molecule has 2 atom stereocenters. The first-order valence-corrected chi connectivity index (χ1v) is 9.02. The van der Waals surface area contributed by atoms with Gasteiger partial charge in [-0.3, -0.25) is 0 Å². The van der Waals surface area contributed by atoms with Gasteiger partial charge in [0.1, 0.15) is 5.82 Å². The Labute approximate surface area is 143 Å². The Hall–Kier alpha value is -2.01. The molecule has 1 aromatic carbocycles. The number of imidazole rings is 1. The number of piperidine rings is 1. The van der Waals surface area contributed by atoms with E-state index in [2.05, 4.69) is 40.8 Å². The van der Waals surface area contributed by atoms with Gasteiger partial charge in [-0.05, 0) is 36.5 Å². The highest BCUT2D eigenvalue weighted by Crippen LogP contribution is 2.36. The Morgan fingerprint density at radius 3 is 2.79 bits per heavy atom. The summed E-state index contributed by atoms with van der Waals surface area (Å²) >= 11 is 0. The molecule has 1 saturated heterocycles. The molecule has 0 bridgehead atoms. The molecule has 5 nitrogen and oxygen atoms in total. The number of fused-ring (bicyclic) bond motifs is 1. The molecule has 4 rings (SSSR count). The number of nitrogen functional groups attached to an aromatic ring is 1. The van der Waals surface area contributed by atoms with E-state index in [0.717, 1.165) is 44.2 Å². The molecule has 0 unspecified atom stereocenters. The van der Waals surface area contributed by atoms with Gasteiger partial charge in [-0.1, -0.05) is 13.8 Å². The SMILES string of the molecule is C[C@H]1C[C@H](C)CN(c2cc(N)ccc2-c2ncc3n2CCNC3)C1. The van der Waals surface area contributed by atoms with Crippen molar-refractivity contribution in [2.24, 2.45) is 11.8 Å². The molecule has 0 spiro atoms. The standard InChI is InChI=1S/C19H27N5/c1-13-7-14(2)12-23(11-13)18-8-15(20)3-4-17(18)19-22-10-16-9-21-5-6-24(16)19/h3-4,8,10,13-14,21H,5-7,9,11-12,20H2,1-2H3/t13-,14-/m0/s1. The third kappa shape index (κ3) is 2.77. The van der Waals surface area contributed by atoms with Crippen LogP contribution in [0.3, 0.4) is 0 Å². The predicted molar refractivity (Wildman–Crippen MR) is 98.9 cm³/mol. The summed E-state index contributed by atoms with van der Waals surface area (Å²) in [5.74, 6) is 2.50. The minimum atomic E-state index is 0.710. The van der Waals surface area contributed by atoms with Crippen LogP contribution >= 0.6 is 0 Å². The Morgan fingerprint density at radius 2 is 2.00 bits per heavy atom. The molecule has 0 amide bonds. The zero-order valence-electron chi connectivity index (χ0n) is 14.6. The second-order valence-electron chi connectivity index (χ2n) is 7.53. The van der Waals surface area contributed by atoms with E-state index >= 15 is 0 Å². The summed E-state index contributed by atoms with van der Waals surface area (Å²) in [5.41, 5.74) is 10.7. The number of rotatable bonds is 2. The van der Waals surface area contributed by atoms with Crippen LogP contribution in [-0.4, -0.2) is 29.2 Å².